The zero-order valence-corrected chi connectivity index (χ0v) is 9.69. The van der Waals surface area contributed by atoms with Crippen LogP contribution in [0.3, 0.4) is 0 Å². The van der Waals surface area contributed by atoms with Crippen LogP contribution in [0.4, 0.5) is 5.69 Å². The Morgan fingerprint density at radius 2 is 2.35 bits per heavy atom. The Kier molecular flexibility index (Phi) is 5.03. The van der Waals surface area contributed by atoms with Crippen LogP contribution in [0.2, 0.25) is 0 Å². The number of methoxy groups -OCH3 is 1. The van der Waals surface area contributed by atoms with Gasteiger partial charge in [-0.1, -0.05) is 6.08 Å². The number of rotatable bonds is 6. The largest absolute Gasteiger partial charge is 0.506 e. The van der Waals surface area contributed by atoms with Gasteiger partial charge in [-0.25, -0.2) is 0 Å². The van der Waals surface area contributed by atoms with Crippen molar-refractivity contribution in [3.05, 3.63) is 30.9 Å². The van der Waals surface area contributed by atoms with E-state index in [0.29, 0.717) is 18.0 Å². The fraction of sp³-hybridized carbons (Fsp3) is 0.250. The molecule has 0 aliphatic heterocycles. The van der Waals surface area contributed by atoms with E-state index in [1.54, 1.807) is 18.2 Å². The average Bonchev–Trinajstić information content (AvgIpc) is 2.32. The van der Waals surface area contributed by atoms with Gasteiger partial charge in [0, 0.05) is 12.6 Å². The molecule has 5 heteroatoms. The number of benzene rings is 1. The smallest absolute Gasteiger partial charge is 0.238 e. The van der Waals surface area contributed by atoms with Crippen LogP contribution in [0, 0.1) is 0 Å². The molecule has 0 atom stereocenters. The van der Waals surface area contributed by atoms with Crippen molar-refractivity contribution < 1.29 is 14.6 Å². The minimum atomic E-state index is -0.229. The Bertz CT molecular complexity index is 405. The van der Waals surface area contributed by atoms with Gasteiger partial charge >= 0.3 is 0 Å². The van der Waals surface area contributed by atoms with Gasteiger partial charge < -0.3 is 20.5 Å². The molecule has 0 aliphatic rings. The molecule has 0 spiro atoms. The van der Waals surface area contributed by atoms with Gasteiger partial charge in [-0.3, -0.25) is 4.79 Å². The SMILES string of the molecule is C=CCNCC(=O)Nc1ccc(OC)cc1O. The maximum Gasteiger partial charge on any atom is 0.238 e. The Morgan fingerprint density at radius 1 is 1.59 bits per heavy atom. The van der Waals surface area contributed by atoms with E-state index in [-0.39, 0.29) is 18.2 Å². The summed E-state index contributed by atoms with van der Waals surface area (Å²) in [6.07, 6.45) is 1.66. The van der Waals surface area contributed by atoms with Crippen LogP contribution in [0.1, 0.15) is 0 Å². The van der Waals surface area contributed by atoms with Crippen molar-refractivity contribution in [3.63, 3.8) is 0 Å². The molecular weight excluding hydrogens is 220 g/mol. The van der Waals surface area contributed by atoms with E-state index in [1.807, 2.05) is 0 Å². The van der Waals surface area contributed by atoms with E-state index in [0.717, 1.165) is 0 Å². The molecule has 0 aromatic heterocycles. The quantitative estimate of drug-likeness (QED) is 0.393. The monoisotopic (exact) mass is 236 g/mol. The number of nitrogens with one attached hydrogen (secondary N) is 2. The predicted octanol–water partition coefficient (Wildman–Crippen LogP) is 1.11. The van der Waals surface area contributed by atoms with Crippen LogP contribution in [-0.4, -0.2) is 31.2 Å². The van der Waals surface area contributed by atoms with Crippen LogP contribution < -0.4 is 15.4 Å². The molecule has 5 nitrogen and oxygen atoms in total. The standard InChI is InChI=1S/C12H16N2O3/c1-3-6-13-8-12(16)14-10-5-4-9(17-2)7-11(10)15/h3-5,7,13,15H,1,6,8H2,2H3,(H,14,16). The van der Waals surface area contributed by atoms with Crippen molar-refractivity contribution in [2.75, 3.05) is 25.5 Å². The molecule has 17 heavy (non-hydrogen) atoms. The maximum atomic E-state index is 11.4. The molecule has 1 aromatic rings. The highest BCUT2D eigenvalue weighted by Gasteiger charge is 2.06. The second-order valence-electron chi connectivity index (χ2n) is 3.35. The lowest BCUT2D eigenvalue weighted by molar-refractivity contribution is -0.115. The van der Waals surface area contributed by atoms with Crippen molar-refractivity contribution in [2.24, 2.45) is 0 Å². The van der Waals surface area contributed by atoms with E-state index >= 15 is 0 Å². The highest BCUT2D eigenvalue weighted by atomic mass is 16.5. The summed E-state index contributed by atoms with van der Waals surface area (Å²) in [6.45, 7) is 4.25. The van der Waals surface area contributed by atoms with Crippen LogP contribution in [0.15, 0.2) is 30.9 Å². The van der Waals surface area contributed by atoms with E-state index < -0.39 is 0 Å². The molecule has 0 heterocycles. The molecule has 3 N–H and O–H groups in total. The molecule has 1 rings (SSSR count). The fourth-order valence-corrected chi connectivity index (χ4v) is 1.23. The number of ether oxygens (including phenoxy) is 1. The first-order chi connectivity index (χ1) is 8.17. The number of aromatic hydroxyl groups is 1. The summed E-state index contributed by atoms with van der Waals surface area (Å²) in [5, 5.41) is 15.1. The van der Waals surface area contributed by atoms with Crippen molar-refractivity contribution in [1.82, 2.24) is 5.32 Å². The van der Waals surface area contributed by atoms with E-state index in [9.17, 15) is 9.90 Å². The van der Waals surface area contributed by atoms with E-state index in [4.69, 9.17) is 4.74 Å². The number of anilines is 1. The summed E-state index contributed by atoms with van der Waals surface area (Å²) >= 11 is 0. The molecule has 0 fully saturated rings. The van der Waals surface area contributed by atoms with Crippen molar-refractivity contribution in [1.29, 1.82) is 0 Å². The maximum absolute atomic E-state index is 11.4. The van der Waals surface area contributed by atoms with Gasteiger partial charge in [0.05, 0.1) is 19.3 Å². The van der Waals surface area contributed by atoms with Crippen molar-refractivity contribution in [3.8, 4) is 11.5 Å². The number of hydrogen-bond acceptors (Lipinski definition) is 4. The molecule has 92 valence electrons. The minimum absolute atomic E-state index is 0.0265. The Morgan fingerprint density at radius 3 is 2.94 bits per heavy atom. The predicted molar refractivity (Wildman–Crippen MR) is 66.4 cm³/mol. The normalized spacial score (nSPS) is 9.71. The minimum Gasteiger partial charge on any atom is -0.506 e. The van der Waals surface area contributed by atoms with Crippen LogP contribution in [0.25, 0.3) is 0 Å². The second-order valence-corrected chi connectivity index (χ2v) is 3.35. The lowest BCUT2D eigenvalue weighted by Gasteiger charge is -2.08. The first-order valence-corrected chi connectivity index (χ1v) is 5.16. The van der Waals surface area contributed by atoms with Gasteiger partial charge in [-0.2, -0.15) is 0 Å². The first-order valence-electron chi connectivity index (χ1n) is 5.16. The highest BCUT2D eigenvalue weighted by molar-refractivity contribution is 5.93. The number of carbonyl (C=O) groups excluding carboxylic acids is 1. The number of phenols is 1. The Balaban J connectivity index is 2.56. The molecule has 1 amide bonds. The van der Waals surface area contributed by atoms with Gasteiger partial charge in [0.15, 0.2) is 0 Å². The molecule has 0 saturated heterocycles. The summed E-state index contributed by atoms with van der Waals surface area (Å²) in [4.78, 5) is 11.4. The van der Waals surface area contributed by atoms with Crippen molar-refractivity contribution >= 4 is 11.6 Å². The summed E-state index contributed by atoms with van der Waals surface area (Å²) < 4.78 is 4.94. The number of carbonyl (C=O) groups is 1. The first kappa shape index (κ1) is 13.1. The lowest BCUT2D eigenvalue weighted by atomic mass is 10.2. The lowest BCUT2D eigenvalue weighted by Crippen LogP contribution is -2.28. The Hall–Kier alpha value is -2.01. The van der Waals surface area contributed by atoms with Crippen LogP contribution in [-0.2, 0) is 4.79 Å². The third-order valence-corrected chi connectivity index (χ3v) is 2.05. The molecular formula is C12H16N2O3. The summed E-state index contributed by atoms with van der Waals surface area (Å²) in [5.74, 6) is 0.277. The summed E-state index contributed by atoms with van der Waals surface area (Å²) in [6, 6.07) is 4.68. The van der Waals surface area contributed by atoms with Crippen LogP contribution in [0.5, 0.6) is 11.5 Å². The third kappa shape index (κ3) is 4.16. The summed E-state index contributed by atoms with van der Waals surface area (Å²) in [7, 11) is 1.51. The zero-order chi connectivity index (χ0) is 12.7. The topological polar surface area (TPSA) is 70.6 Å². The van der Waals surface area contributed by atoms with Gasteiger partial charge in [0.2, 0.25) is 5.91 Å². The van der Waals surface area contributed by atoms with Crippen molar-refractivity contribution in [2.45, 2.75) is 0 Å². The van der Waals surface area contributed by atoms with Gasteiger partial charge in [-0.05, 0) is 12.1 Å². The Labute approximate surface area is 100 Å². The molecule has 0 radical (unpaired) electrons. The molecule has 0 unspecified atom stereocenters. The van der Waals surface area contributed by atoms with Gasteiger partial charge in [0.1, 0.15) is 11.5 Å². The van der Waals surface area contributed by atoms with E-state index in [2.05, 4.69) is 17.2 Å². The van der Waals surface area contributed by atoms with Gasteiger partial charge in [0.25, 0.3) is 0 Å². The number of phenolic OH excluding ortho intramolecular Hbond substituents is 1. The second kappa shape index (κ2) is 6.55. The summed E-state index contributed by atoms with van der Waals surface area (Å²) in [5.41, 5.74) is 0.358. The molecule has 0 aliphatic carbocycles. The van der Waals surface area contributed by atoms with E-state index in [1.165, 1.54) is 13.2 Å². The highest BCUT2D eigenvalue weighted by Crippen LogP contribution is 2.27. The molecule has 0 bridgehead atoms. The average molecular weight is 236 g/mol. The molecule has 0 saturated carbocycles. The number of amides is 1. The fourth-order valence-electron chi connectivity index (χ4n) is 1.23. The zero-order valence-electron chi connectivity index (χ0n) is 9.69. The number of hydrogen-bond donors (Lipinski definition) is 3. The molecule has 1 aromatic carbocycles. The van der Waals surface area contributed by atoms with Crippen LogP contribution >= 0.6 is 0 Å². The third-order valence-electron chi connectivity index (χ3n) is 2.05. The van der Waals surface area contributed by atoms with Gasteiger partial charge in [-0.15, -0.1) is 6.58 Å².